The molecule has 0 N–H and O–H groups in total. The van der Waals surface area contributed by atoms with Crippen molar-refractivity contribution in [2.45, 2.75) is 87.9 Å². The van der Waals surface area contributed by atoms with Crippen molar-refractivity contribution in [2.24, 2.45) is 0 Å². The minimum Gasteiger partial charge on any atom is -0.494 e. The maximum absolute atomic E-state index is 13.4. The lowest BCUT2D eigenvalue weighted by atomic mass is 9.73. The second-order valence-corrected chi connectivity index (χ2v) is 15.7. The standard InChI is InChI=1S/C23H34N2O3.C20H29N3O/c26-22(25-15-3-4-16-25)23(10-18-27-19-11-23)20-6-8-21(9-7-20)28-17-5-14-24-12-1-2-13-24;1-22-14-9-20(17-21,10-15-22)18-5-7-19(8-6-18)24-16-4-13-23-11-2-3-12-23/h6-9H,1-5,10-19H2;5-8H,2-4,9-16H2,1H3. The van der Waals surface area contributed by atoms with Crippen LogP contribution in [0, 0.1) is 11.3 Å². The SMILES string of the molecule is CN1CCC(C#N)(c2ccc(OCCCN3CCCC3)cc2)CC1.O=C(N1CCCC1)C1(c2ccc(OCCCN3CCCC3)cc2)CCOCC1. The fourth-order valence-corrected chi connectivity index (χ4v) is 8.74. The first kappa shape index (κ1) is 38.6. The van der Waals surface area contributed by atoms with Gasteiger partial charge in [-0.3, -0.25) is 4.79 Å². The maximum atomic E-state index is 13.4. The summed E-state index contributed by atoms with van der Waals surface area (Å²) in [6.45, 7) is 13.9. The summed E-state index contributed by atoms with van der Waals surface area (Å²) in [5.41, 5.74) is 1.53. The minimum absolute atomic E-state index is 0.299. The number of carbonyl (C=O) groups excluding carboxylic acids is 1. The van der Waals surface area contributed by atoms with E-state index in [1.807, 2.05) is 24.3 Å². The van der Waals surface area contributed by atoms with Crippen molar-refractivity contribution >= 4 is 5.91 Å². The van der Waals surface area contributed by atoms with Gasteiger partial charge in [0.25, 0.3) is 0 Å². The average Bonchev–Trinajstić information content (AvgIpc) is 4.02. The quantitative estimate of drug-likeness (QED) is 0.225. The third-order valence-corrected chi connectivity index (χ3v) is 12.2. The summed E-state index contributed by atoms with van der Waals surface area (Å²) in [7, 11) is 2.13. The zero-order valence-electron chi connectivity index (χ0n) is 31.9. The van der Waals surface area contributed by atoms with Gasteiger partial charge in [0.15, 0.2) is 0 Å². The second kappa shape index (κ2) is 19.3. The van der Waals surface area contributed by atoms with Crippen LogP contribution in [-0.2, 0) is 20.4 Å². The molecule has 0 spiro atoms. The largest absolute Gasteiger partial charge is 0.494 e. The van der Waals surface area contributed by atoms with Crippen molar-refractivity contribution in [1.82, 2.24) is 19.6 Å². The monoisotopic (exact) mass is 713 g/mol. The van der Waals surface area contributed by atoms with E-state index < -0.39 is 5.41 Å². The van der Waals surface area contributed by atoms with Gasteiger partial charge in [-0.05, 0) is 159 Å². The number of nitriles is 1. The number of hydrogen-bond acceptors (Lipinski definition) is 8. The topological polar surface area (TPSA) is 81.5 Å². The molecule has 52 heavy (non-hydrogen) atoms. The van der Waals surface area contributed by atoms with E-state index >= 15 is 0 Å². The lowest BCUT2D eigenvalue weighted by Gasteiger charge is -2.39. The molecule has 9 heteroatoms. The van der Waals surface area contributed by atoms with E-state index in [0.717, 1.165) is 126 Å². The molecule has 5 fully saturated rings. The molecule has 0 unspecified atom stereocenters. The Morgan fingerprint density at radius 3 is 1.62 bits per heavy atom. The van der Waals surface area contributed by atoms with E-state index in [1.54, 1.807) is 0 Å². The molecule has 2 aromatic carbocycles. The molecule has 5 heterocycles. The van der Waals surface area contributed by atoms with Gasteiger partial charge in [-0.25, -0.2) is 0 Å². The molecular weight excluding hydrogens is 651 g/mol. The smallest absolute Gasteiger partial charge is 0.233 e. The molecule has 284 valence electrons. The van der Waals surface area contributed by atoms with Gasteiger partial charge in [-0.2, -0.15) is 5.26 Å². The predicted octanol–water partition coefficient (Wildman–Crippen LogP) is 6.26. The van der Waals surface area contributed by atoms with E-state index in [2.05, 4.69) is 57.0 Å². The van der Waals surface area contributed by atoms with Crippen LogP contribution in [0.3, 0.4) is 0 Å². The lowest BCUT2D eigenvalue weighted by Crippen LogP contribution is -2.49. The number of nitrogens with zero attached hydrogens (tertiary/aromatic N) is 5. The molecule has 1 amide bonds. The van der Waals surface area contributed by atoms with Crippen LogP contribution in [0.2, 0.25) is 0 Å². The Morgan fingerprint density at radius 2 is 1.13 bits per heavy atom. The third kappa shape index (κ3) is 10.1. The highest BCUT2D eigenvalue weighted by atomic mass is 16.5. The van der Waals surface area contributed by atoms with Crippen molar-refractivity contribution in [3.8, 4) is 17.6 Å². The van der Waals surface area contributed by atoms with E-state index in [4.69, 9.17) is 14.2 Å². The van der Waals surface area contributed by atoms with Crippen molar-refractivity contribution in [2.75, 3.05) is 98.9 Å². The van der Waals surface area contributed by atoms with Crippen LogP contribution < -0.4 is 9.47 Å². The molecule has 0 saturated carbocycles. The van der Waals surface area contributed by atoms with Crippen LogP contribution in [0.4, 0.5) is 0 Å². The van der Waals surface area contributed by atoms with E-state index in [9.17, 15) is 10.1 Å². The van der Waals surface area contributed by atoms with Crippen LogP contribution in [-0.4, -0.2) is 124 Å². The first-order valence-electron chi connectivity index (χ1n) is 20.4. The summed E-state index contributed by atoms with van der Waals surface area (Å²) < 4.78 is 17.4. The van der Waals surface area contributed by atoms with Gasteiger partial charge in [0, 0.05) is 39.4 Å². The number of benzene rings is 2. The first-order valence-corrected chi connectivity index (χ1v) is 20.4. The normalized spacial score (nSPS) is 22.0. The van der Waals surface area contributed by atoms with Crippen LogP contribution in [0.25, 0.3) is 0 Å². The number of ether oxygens (including phenoxy) is 3. The highest BCUT2D eigenvalue weighted by Crippen LogP contribution is 2.39. The number of hydrogen-bond donors (Lipinski definition) is 0. The van der Waals surface area contributed by atoms with Gasteiger partial charge >= 0.3 is 0 Å². The van der Waals surface area contributed by atoms with Gasteiger partial charge in [-0.1, -0.05) is 24.3 Å². The summed E-state index contributed by atoms with van der Waals surface area (Å²) in [5.74, 6) is 2.12. The third-order valence-electron chi connectivity index (χ3n) is 12.2. The molecule has 0 atom stereocenters. The Balaban J connectivity index is 0.000000181. The fraction of sp³-hybridized carbons (Fsp3) is 0.674. The van der Waals surface area contributed by atoms with Crippen LogP contribution in [0.15, 0.2) is 48.5 Å². The Labute approximate surface area is 313 Å². The van der Waals surface area contributed by atoms with Gasteiger partial charge < -0.3 is 33.8 Å². The Morgan fingerprint density at radius 1 is 0.673 bits per heavy atom. The minimum atomic E-state index is -0.420. The second-order valence-electron chi connectivity index (χ2n) is 15.7. The molecule has 5 saturated heterocycles. The molecule has 9 nitrogen and oxygen atoms in total. The zero-order chi connectivity index (χ0) is 36.1. The first-order chi connectivity index (χ1) is 25.5. The summed E-state index contributed by atoms with van der Waals surface area (Å²) >= 11 is 0. The number of rotatable bonds is 13. The van der Waals surface area contributed by atoms with Crippen molar-refractivity contribution in [3.63, 3.8) is 0 Å². The molecule has 0 bridgehead atoms. The molecular formula is C43H63N5O4. The Hall–Kier alpha value is -3.16. The van der Waals surface area contributed by atoms with E-state index in [0.29, 0.717) is 19.1 Å². The van der Waals surface area contributed by atoms with Crippen molar-refractivity contribution in [3.05, 3.63) is 59.7 Å². The van der Waals surface area contributed by atoms with Crippen molar-refractivity contribution in [1.29, 1.82) is 5.26 Å². The van der Waals surface area contributed by atoms with Gasteiger partial charge in [-0.15, -0.1) is 0 Å². The molecule has 5 aliphatic heterocycles. The highest BCUT2D eigenvalue weighted by Gasteiger charge is 2.44. The number of likely N-dealkylation sites (tertiary alicyclic amines) is 4. The molecule has 5 aliphatic rings. The van der Waals surface area contributed by atoms with Crippen molar-refractivity contribution < 1.29 is 19.0 Å². The van der Waals surface area contributed by atoms with Gasteiger partial charge in [0.05, 0.1) is 30.1 Å². The fourth-order valence-electron chi connectivity index (χ4n) is 8.74. The van der Waals surface area contributed by atoms with Crippen LogP contribution >= 0.6 is 0 Å². The molecule has 0 aliphatic carbocycles. The predicted molar refractivity (Wildman–Crippen MR) is 206 cm³/mol. The van der Waals surface area contributed by atoms with Crippen LogP contribution in [0.5, 0.6) is 11.5 Å². The Bertz CT molecular complexity index is 1390. The number of piperidine rings is 1. The summed E-state index contributed by atoms with van der Waals surface area (Å²) in [6, 6.07) is 19.1. The lowest BCUT2D eigenvalue weighted by molar-refractivity contribution is -0.140. The molecule has 2 aromatic rings. The zero-order valence-corrected chi connectivity index (χ0v) is 31.9. The molecule has 0 aromatic heterocycles. The van der Waals surface area contributed by atoms with E-state index in [1.165, 1.54) is 51.9 Å². The van der Waals surface area contributed by atoms with E-state index in [-0.39, 0.29) is 5.41 Å². The van der Waals surface area contributed by atoms with Gasteiger partial charge in [0.1, 0.15) is 11.5 Å². The van der Waals surface area contributed by atoms with Crippen LogP contribution in [0.1, 0.15) is 88.2 Å². The summed E-state index contributed by atoms with van der Waals surface area (Å²) in [4.78, 5) is 22.8. The number of amides is 1. The average molecular weight is 714 g/mol. The molecule has 0 radical (unpaired) electrons. The number of carbonyl (C=O) groups is 1. The Kier molecular flexibility index (Phi) is 14.3. The maximum Gasteiger partial charge on any atom is 0.233 e. The highest BCUT2D eigenvalue weighted by molar-refractivity contribution is 5.88. The summed E-state index contributed by atoms with van der Waals surface area (Å²) in [5, 5.41) is 9.72. The summed E-state index contributed by atoms with van der Waals surface area (Å²) in [6.07, 6.45) is 13.1. The van der Waals surface area contributed by atoms with Gasteiger partial charge in [0.2, 0.25) is 5.91 Å². The molecule has 7 rings (SSSR count).